The third kappa shape index (κ3) is 8.49. The smallest absolute Gasteiger partial charge is 0.138 e. The molecule has 0 amide bonds. The van der Waals surface area contributed by atoms with Crippen LogP contribution in [0.2, 0.25) is 10.0 Å². The summed E-state index contributed by atoms with van der Waals surface area (Å²) in [6, 6.07) is 25.9. The third-order valence-electron chi connectivity index (χ3n) is 11.1. The number of methoxy groups -OCH3 is 3. The molecule has 54 heavy (non-hydrogen) atoms. The number of likely N-dealkylation sites (tertiary alicyclic amines) is 1. The van der Waals surface area contributed by atoms with Gasteiger partial charge in [-0.25, -0.2) is 0 Å². The zero-order chi connectivity index (χ0) is 37.6. The first-order valence-corrected chi connectivity index (χ1v) is 19.9. The molecule has 9 heteroatoms. The number of rotatable bonds is 14. The highest BCUT2D eigenvalue weighted by molar-refractivity contribution is 6.33. The Hall–Kier alpha value is -4.30. The molecule has 0 spiro atoms. The average Bonchev–Trinajstić information content (AvgIpc) is 3.18. The Morgan fingerprint density at radius 2 is 1.35 bits per heavy atom. The minimum atomic E-state index is 0.373. The van der Waals surface area contributed by atoms with Crippen LogP contribution < -0.4 is 19.1 Å². The normalized spacial score (nSPS) is 15.1. The third-order valence-corrected chi connectivity index (χ3v) is 11.9. The second-order valence-electron chi connectivity index (χ2n) is 14.5. The lowest BCUT2D eigenvalue weighted by atomic mass is 9.79. The standard InChI is InChI=1S/C45H50Cl2N4O3/c1-5-7-33-24-34(26-42(53-3)44(33)46)40-23-31(15-19-48-40)29-51(36-10-12-38(52-2)13-11-36)37-16-20-50(21-17-37)28-30-14-18-49-41(22-30)35-25-39(32-8-6-9-32)45(47)43(27-35)54-4/h10-15,18-19,22-27,32,37H,5-9,16-17,20-21,28-29H2,1-4H3. The summed E-state index contributed by atoms with van der Waals surface area (Å²) in [6.07, 6.45) is 11.4. The van der Waals surface area contributed by atoms with Crippen molar-refractivity contribution in [2.24, 2.45) is 0 Å². The molecule has 0 atom stereocenters. The predicted octanol–water partition coefficient (Wildman–Crippen LogP) is 11.0. The summed E-state index contributed by atoms with van der Waals surface area (Å²) in [6.45, 7) is 5.81. The number of hydrogen-bond donors (Lipinski definition) is 0. The van der Waals surface area contributed by atoms with Gasteiger partial charge in [0.15, 0.2) is 0 Å². The van der Waals surface area contributed by atoms with Crippen molar-refractivity contribution in [1.29, 1.82) is 0 Å². The highest BCUT2D eigenvalue weighted by Gasteiger charge is 2.27. The van der Waals surface area contributed by atoms with Crippen LogP contribution in [0.1, 0.15) is 73.6 Å². The highest BCUT2D eigenvalue weighted by Crippen LogP contribution is 2.45. The number of hydrogen-bond acceptors (Lipinski definition) is 7. The topological polar surface area (TPSA) is 60.0 Å². The Morgan fingerprint density at radius 1 is 0.722 bits per heavy atom. The van der Waals surface area contributed by atoms with Crippen LogP contribution in [0.3, 0.4) is 0 Å². The Bertz CT molecular complexity index is 2040. The lowest BCUT2D eigenvalue weighted by Crippen LogP contribution is -2.44. The van der Waals surface area contributed by atoms with Gasteiger partial charge in [-0.3, -0.25) is 14.9 Å². The maximum absolute atomic E-state index is 6.76. The summed E-state index contributed by atoms with van der Waals surface area (Å²) >= 11 is 13.4. The second-order valence-corrected chi connectivity index (χ2v) is 15.3. The molecule has 282 valence electrons. The summed E-state index contributed by atoms with van der Waals surface area (Å²) in [5.41, 5.74) is 9.85. The molecular formula is C45H50Cl2N4O3. The van der Waals surface area contributed by atoms with Crippen molar-refractivity contribution in [1.82, 2.24) is 14.9 Å². The fourth-order valence-electron chi connectivity index (χ4n) is 7.85. The van der Waals surface area contributed by atoms with Crippen LogP contribution in [0.15, 0.2) is 85.2 Å². The monoisotopic (exact) mass is 764 g/mol. The van der Waals surface area contributed by atoms with Gasteiger partial charge in [-0.2, -0.15) is 0 Å². The molecule has 0 bridgehead atoms. The molecule has 1 aliphatic heterocycles. The van der Waals surface area contributed by atoms with Crippen LogP contribution in [0.25, 0.3) is 22.5 Å². The first-order valence-electron chi connectivity index (χ1n) is 19.1. The summed E-state index contributed by atoms with van der Waals surface area (Å²) < 4.78 is 16.9. The number of aryl methyl sites for hydroxylation is 1. The lowest BCUT2D eigenvalue weighted by molar-refractivity contribution is 0.201. The van der Waals surface area contributed by atoms with Gasteiger partial charge in [0, 0.05) is 61.4 Å². The van der Waals surface area contributed by atoms with Crippen molar-refractivity contribution < 1.29 is 14.2 Å². The molecule has 2 aromatic heterocycles. The quantitative estimate of drug-likeness (QED) is 0.112. The lowest BCUT2D eigenvalue weighted by Gasteiger charge is -2.40. The molecule has 0 unspecified atom stereocenters. The first kappa shape index (κ1) is 38.0. The Kier molecular flexibility index (Phi) is 12.3. The predicted molar refractivity (Wildman–Crippen MR) is 221 cm³/mol. The van der Waals surface area contributed by atoms with Gasteiger partial charge < -0.3 is 19.1 Å². The molecule has 7 rings (SSSR count). The van der Waals surface area contributed by atoms with E-state index in [1.54, 1.807) is 21.3 Å². The second kappa shape index (κ2) is 17.4. The molecule has 1 saturated carbocycles. The molecule has 5 aromatic rings. The van der Waals surface area contributed by atoms with E-state index in [9.17, 15) is 0 Å². The van der Waals surface area contributed by atoms with Crippen molar-refractivity contribution in [3.05, 3.63) is 117 Å². The van der Waals surface area contributed by atoms with Gasteiger partial charge in [0.2, 0.25) is 0 Å². The summed E-state index contributed by atoms with van der Waals surface area (Å²) in [4.78, 5) is 14.7. The minimum absolute atomic E-state index is 0.373. The van der Waals surface area contributed by atoms with Gasteiger partial charge in [0.25, 0.3) is 0 Å². The average molecular weight is 766 g/mol. The zero-order valence-electron chi connectivity index (χ0n) is 31.8. The van der Waals surface area contributed by atoms with Gasteiger partial charge in [-0.1, -0.05) is 43.0 Å². The van der Waals surface area contributed by atoms with E-state index in [1.807, 2.05) is 24.5 Å². The van der Waals surface area contributed by atoms with E-state index >= 15 is 0 Å². The SMILES string of the molecule is CCCc1cc(-c2cc(CN(c3ccc(OC)cc3)C3CCN(Cc4ccnc(-c5cc(OC)c(Cl)c(C6CCC6)c5)c4)CC3)ccn2)cc(OC)c1Cl. The van der Waals surface area contributed by atoms with Crippen LogP contribution in [0.5, 0.6) is 17.2 Å². The van der Waals surface area contributed by atoms with Crippen LogP contribution in [-0.2, 0) is 19.5 Å². The molecule has 7 nitrogen and oxygen atoms in total. The maximum Gasteiger partial charge on any atom is 0.138 e. The number of nitrogens with zero attached hydrogens (tertiary/aromatic N) is 4. The van der Waals surface area contributed by atoms with Crippen molar-refractivity contribution in [2.75, 3.05) is 39.3 Å². The molecule has 0 N–H and O–H groups in total. The van der Waals surface area contributed by atoms with Gasteiger partial charge in [0.1, 0.15) is 17.2 Å². The number of halogens is 2. The summed E-state index contributed by atoms with van der Waals surface area (Å²) in [5.74, 6) is 2.76. The molecule has 1 aliphatic carbocycles. The molecular weight excluding hydrogens is 715 g/mol. The Balaban J connectivity index is 1.08. The van der Waals surface area contributed by atoms with Crippen LogP contribution in [-0.4, -0.2) is 55.3 Å². The zero-order valence-corrected chi connectivity index (χ0v) is 33.3. The van der Waals surface area contributed by atoms with Gasteiger partial charge in [0.05, 0.1) is 42.8 Å². The van der Waals surface area contributed by atoms with Crippen molar-refractivity contribution >= 4 is 28.9 Å². The fraction of sp³-hybridized carbons (Fsp3) is 0.378. The molecule has 3 aromatic carbocycles. The van der Waals surface area contributed by atoms with E-state index in [1.165, 1.54) is 41.6 Å². The van der Waals surface area contributed by atoms with E-state index in [2.05, 4.69) is 77.4 Å². The van der Waals surface area contributed by atoms with Gasteiger partial charge in [-0.05, 0) is 133 Å². The first-order chi connectivity index (χ1) is 26.4. The maximum atomic E-state index is 6.76. The number of piperidine rings is 1. The van der Waals surface area contributed by atoms with Crippen molar-refractivity contribution in [3.63, 3.8) is 0 Å². The van der Waals surface area contributed by atoms with E-state index in [0.29, 0.717) is 22.7 Å². The van der Waals surface area contributed by atoms with Crippen molar-refractivity contribution in [2.45, 2.75) is 76.9 Å². The number of anilines is 1. The van der Waals surface area contributed by atoms with E-state index in [-0.39, 0.29) is 0 Å². The molecule has 0 radical (unpaired) electrons. The van der Waals surface area contributed by atoms with E-state index < -0.39 is 0 Å². The number of benzene rings is 3. The molecule has 2 aliphatic rings. The Labute approximate surface area is 330 Å². The van der Waals surface area contributed by atoms with Crippen LogP contribution in [0, 0.1) is 0 Å². The summed E-state index contributed by atoms with van der Waals surface area (Å²) in [5, 5.41) is 1.42. The van der Waals surface area contributed by atoms with E-state index in [4.69, 9.17) is 47.4 Å². The number of pyridine rings is 2. The van der Waals surface area contributed by atoms with E-state index in [0.717, 1.165) is 96.5 Å². The highest BCUT2D eigenvalue weighted by atomic mass is 35.5. The number of aromatic nitrogens is 2. The van der Waals surface area contributed by atoms with Gasteiger partial charge >= 0.3 is 0 Å². The number of ether oxygens (including phenoxy) is 3. The largest absolute Gasteiger partial charge is 0.497 e. The fourth-order valence-corrected chi connectivity index (χ4v) is 8.47. The Morgan fingerprint density at radius 3 is 1.96 bits per heavy atom. The molecule has 2 fully saturated rings. The van der Waals surface area contributed by atoms with Crippen molar-refractivity contribution in [3.8, 4) is 39.8 Å². The molecule has 1 saturated heterocycles. The molecule has 3 heterocycles. The van der Waals surface area contributed by atoms with Crippen LogP contribution >= 0.6 is 23.2 Å². The van der Waals surface area contributed by atoms with Gasteiger partial charge in [-0.15, -0.1) is 0 Å². The van der Waals surface area contributed by atoms with Crippen LogP contribution in [0.4, 0.5) is 5.69 Å². The minimum Gasteiger partial charge on any atom is -0.497 e. The summed E-state index contributed by atoms with van der Waals surface area (Å²) in [7, 11) is 5.07.